The monoisotopic (exact) mass is 634 g/mol. The van der Waals surface area contributed by atoms with E-state index in [1.165, 1.54) is 6.92 Å². The first-order valence-corrected chi connectivity index (χ1v) is 15.2. The molecule has 11 atom stereocenters. The standard InChI is InChI=1S/C30H50O14/c1-18(14-12-10-8-6-4-3-5-7-9-11-13-15-22(33)34)41-30-28(26(38)24(36)21(43-30)17-40-19(2)32)44-29-27(39)25(37)23(35)20(16-31)42-29/h4,6,10,12,18,20-21,23-31,35-39H,3,5,7-9,11,13-17H2,1-2H3,(H,33,34)/b6-4-,12-10+. The molecule has 2 rings (SSSR count). The summed E-state index contributed by atoms with van der Waals surface area (Å²) < 4.78 is 27.9. The van der Waals surface area contributed by atoms with Crippen LogP contribution < -0.4 is 0 Å². The fourth-order valence-electron chi connectivity index (χ4n) is 4.86. The number of carboxylic acid groups (broad SMARTS) is 1. The highest BCUT2D eigenvalue weighted by Gasteiger charge is 2.51. The lowest BCUT2D eigenvalue weighted by Gasteiger charge is -2.46. The maximum absolute atomic E-state index is 11.3. The Balaban J connectivity index is 1.91. The van der Waals surface area contributed by atoms with Crippen molar-refractivity contribution in [1.29, 1.82) is 0 Å². The molecule has 2 heterocycles. The summed E-state index contributed by atoms with van der Waals surface area (Å²) in [5.41, 5.74) is 0. The lowest BCUT2D eigenvalue weighted by Crippen LogP contribution is -2.65. The Bertz CT molecular complexity index is 895. The van der Waals surface area contributed by atoms with Crippen LogP contribution in [0.5, 0.6) is 0 Å². The third kappa shape index (κ3) is 12.8. The summed E-state index contributed by atoms with van der Waals surface area (Å²) >= 11 is 0. The van der Waals surface area contributed by atoms with E-state index in [1.54, 1.807) is 6.92 Å². The molecular weight excluding hydrogens is 584 g/mol. The largest absolute Gasteiger partial charge is 0.481 e. The van der Waals surface area contributed by atoms with Gasteiger partial charge in [-0.2, -0.15) is 0 Å². The maximum atomic E-state index is 11.3. The van der Waals surface area contributed by atoms with Gasteiger partial charge in [-0.25, -0.2) is 0 Å². The summed E-state index contributed by atoms with van der Waals surface area (Å²) in [5.74, 6) is -1.37. The van der Waals surface area contributed by atoms with Crippen LogP contribution in [-0.4, -0.2) is 128 Å². The molecule has 0 saturated carbocycles. The van der Waals surface area contributed by atoms with E-state index in [-0.39, 0.29) is 13.0 Å². The number of esters is 1. The van der Waals surface area contributed by atoms with Crippen LogP contribution >= 0.6 is 0 Å². The van der Waals surface area contributed by atoms with Crippen LogP contribution in [-0.2, 0) is 33.3 Å². The Morgan fingerprint density at radius 2 is 1.43 bits per heavy atom. The highest BCUT2D eigenvalue weighted by Crippen LogP contribution is 2.30. The highest BCUT2D eigenvalue weighted by atomic mass is 16.8. The second-order valence-corrected chi connectivity index (χ2v) is 11.2. The minimum Gasteiger partial charge on any atom is -0.481 e. The van der Waals surface area contributed by atoms with E-state index in [0.717, 1.165) is 32.1 Å². The second-order valence-electron chi connectivity index (χ2n) is 11.2. The summed E-state index contributed by atoms with van der Waals surface area (Å²) in [4.78, 5) is 21.8. The smallest absolute Gasteiger partial charge is 0.303 e. The van der Waals surface area contributed by atoms with Gasteiger partial charge in [-0.15, -0.1) is 0 Å². The average molecular weight is 635 g/mol. The van der Waals surface area contributed by atoms with Gasteiger partial charge in [0.1, 0.15) is 55.4 Å². The van der Waals surface area contributed by atoms with Gasteiger partial charge >= 0.3 is 11.9 Å². The number of aliphatic hydroxyl groups is 6. The third-order valence-electron chi connectivity index (χ3n) is 7.44. The van der Waals surface area contributed by atoms with Gasteiger partial charge in [0, 0.05) is 13.3 Å². The van der Waals surface area contributed by atoms with Crippen molar-refractivity contribution in [3.63, 3.8) is 0 Å². The third-order valence-corrected chi connectivity index (χ3v) is 7.44. The molecule has 44 heavy (non-hydrogen) atoms. The number of aliphatic carboxylic acids is 1. The van der Waals surface area contributed by atoms with Crippen molar-refractivity contribution in [3.8, 4) is 0 Å². The van der Waals surface area contributed by atoms with E-state index in [9.17, 15) is 40.2 Å². The van der Waals surface area contributed by atoms with Crippen LogP contribution in [0, 0.1) is 0 Å². The summed E-state index contributed by atoms with van der Waals surface area (Å²) in [6.07, 6.45) is -0.441. The van der Waals surface area contributed by atoms with Crippen molar-refractivity contribution in [2.75, 3.05) is 13.2 Å². The molecule has 0 aromatic rings. The fourth-order valence-corrected chi connectivity index (χ4v) is 4.86. The molecule has 2 aliphatic rings. The van der Waals surface area contributed by atoms with E-state index in [0.29, 0.717) is 19.3 Å². The molecule has 2 fully saturated rings. The molecule has 0 amide bonds. The lowest BCUT2D eigenvalue weighted by molar-refractivity contribution is -0.371. The van der Waals surface area contributed by atoms with Crippen LogP contribution in [0.2, 0.25) is 0 Å². The number of carbonyl (C=O) groups excluding carboxylic acids is 1. The molecule has 0 aromatic carbocycles. The molecular formula is C30H50O14. The topological polar surface area (TPSA) is 222 Å². The predicted molar refractivity (Wildman–Crippen MR) is 154 cm³/mol. The number of hydrogen-bond acceptors (Lipinski definition) is 13. The van der Waals surface area contributed by atoms with E-state index in [4.69, 9.17) is 28.8 Å². The molecule has 11 unspecified atom stereocenters. The lowest BCUT2D eigenvalue weighted by atomic mass is 9.97. The number of carboxylic acids is 1. The first-order valence-electron chi connectivity index (χ1n) is 15.2. The van der Waals surface area contributed by atoms with E-state index in [2.05, 4.69) is 12.2 Å². The molecule has 7 N–H and O–H groups in total. The molecule has 0 bridgehead atoms. The van der Waals surface area contributed by atoms with Crippen molar-refractivity contribution in [3.05, 3.63) is 24.3 Å². The van der Waals surface area contributed by atoms with Crippen molar-refractivity contribution in [2.24, 2.45) is 0 Å². The van der Waals surface area contributed by atoms with Gasteiger partial charge in [-0.3, -0.25) is 9.59 Å². The zero-order valence-electron chi connectivity index (χ0n) is 25.4. The van der Waals surface area contributed by atoms with Crippen LogP contribution in [0.4, 0.5) is 0 Å². The summed E-state index contributed by atoms with van der Waals surface area (Å²) in [5, 5.41) is 70.2. The summed E-state index contributed by atoms with van der Waals surface area (Å²) in [7, 11) is 0. The quantitative estimate of drug-likeness (QED) is 0.0577. The van der Waals surface area contributed by atoms with Crippen molar-refractivity contribution < 1.29 is 69.0 Å². The van der Waals surface area contributed by atoms with Crippen LogP contribution in [0.25, 0.3) is 0 Å². The Morgan fingerprint density at radius 1 is 0.795 bits per heavy atom. The molecule has 0 radical (unpaired) electrons. The highest BCUT2D eigenvalue weighted by molar-refractivity contribution is 5.66. The molecule has 2 aliphatic heterocycles. The molecule has 254 valence electrons. The number of allylic oxidation sites excluding steroid dienone is 3. The second kappa shape index (κ2) is 20.2. The van der Waals surface area contributed by atoms with Gasteiger partial charge in [0.2, 0.25) is 0 Å². The normalized spacial score (nSPS) is 33.5. The Morgan fingerprint density at radius 3 is 2.11 bits per heavy atom. The van der Waals surface area contributed by atoms with E-state index < -0.39 is 86.1 Å². The number of ether oxygens (including phenoxy) is 5. The summed E-state index contributed by atoms with van der Waals surface area (Å²) in [6, 6.07) is 0. The minimum atomic E-state index is -1.76. The van der Waals surface area contributed by atoms with Crippen molar-refractivity contribution >= 4 is 11.9 Å². The van der Waals surface area contributed by atoms with Crippen molar-refractivity contribution in [1.82, 2.24) is 0 Å². The van der Waals surface area contributed by atoms with Crippen LogP contribution in [0.15, 0.2) is 24.3 Å². The van der Waals surface area contributed by atoms with Gasteiger partial charge in [0.05, 0.1) is 12.7 Å². The SMILES string of the molecule is CC(=O)OCC1OC(OC(C)C/C=C/C/C=C\CCCCCCCC(=O)O)C(OC2OC(CO)C(O)C(O)C2O)C(O)C1O. The van der Waals surface area contributed by atoms with Crippen LogP contribution in [0.1, 0.15) is 71.6 Å². The van der Waals surface area contributed by atoms with E-state index in [1.807, 2.05) is 12.2 Å². The first-order chi connectivity index (χ1) is 21.0. The Labute approximate surface area is 257 Å². The number of unbranched alkanes of at least 4 members (excludes halogenated alkanes) is 5. The molecule has 0 aliphatic carbocycles. The first kappa shape index (κ1) is 38.2. The Hall–Kier alpha value is -1.98. The zero-order valence-corrected chi connectivity index (χ0v) is 25.4. The molecule has 14 heteroatoms. The number of rotatable bonds is 19. The number of hydrogen-bond donors (Lipinski definition) is 7. The van der Waals surface area contributed by atoms with Gasteiger partial charge < -0.3 is 59.4 Å². The van der Waals surface area contributed by atoms with Gasteiger partial charge in [0.25, 0.3) is 0 Å². The predicted octanol–water partition coefficient (Wildman–Crippen LogP) is 0.294. The Kier molecular flexibility index (Phi) is 17.5. The van der Waals surface area contributed by atoms with Gasteiger partial charge in [-0.1, -0.05) is 43.6 Å². The van der Waals surface area contributed by atoms with E-state index >= 15 is 0 Å². The van der Waals surface area contributed by atoms with Gasteiger partial charge in [-0.05, 0) is 39.0 Å². The van der Waals surface area contributed by atoms with Crippen LogP contribution in [0.3, 0.4) is 0 Å². The molecule has 0 aromatic heterocycles. The number of aliphatic hydroxyl groups excluding tert-OH is 6. The van der Waals surface area contributed by atoms with Gasteiger partial charge in [0.15, 0.2) is 12.6 Å². The molecule has 2 saturated heterocycles. The maximum Gasteiger partial charge on any atom is 0.303 e. The fraction of sp³-hybridized carbons (Fsp3) is 0.800. The minimum absolute atomic E-state index is 0.224. The summed E-state index contributed by atoms with van der Waals surface area (Å²) in [6.45, 7) is 1.88. The number of carbonyl (C=O) groups is 2. The average Bonchev–Trinajstić information content (AvgIpc) is 2.98. The molecule has 14 nitrogen and oxygen atoms in total. The molecule has 0 spiro atoms. The zero-order chi connectivity index (χ0) is 32.6. The van der Waals surface area contributed by atoms with Crippen molar-refractivity contribution in [2.45, 2.75) is 139 Å².